The molecule has 2 aliphatic rings. The number of hydrogen-bond donors (Lipinski definition) is 2. The first-order valence-electron chi connectivity index (χ1n) is 8.44. The highest BCUT2D eigenvalue weighted by atomic mass is 35.5. The first-order chi connectivity index (χ1) is 12.4. The fraction of sp³-hybridized carbons (Fsp3) is 0.500. The van der Waals surface area contributed by atoms with E-state index in [-0.39, 0.29) is 11.6 Å². The van der Waals surface area contributed by atoms with Crippen molar-refractivity contribution in [2.24, 2.45) is 0 Å². The minimum atomic E-state index is -0.476. The number of thiocarbonyl (C=S) groups is 1. The van der Waals surface area contributed by atoms with Crippen LogP contribution in [0.3, 0.4) is 0 Å². The summed E-state index contributed by atoms with van der Waals surface area (Å²) in [5.74, 6) is 0.0741. The van der Waals surface area contributed by atoms with Crippen LogP contribution >= 0.6 is 23.8 Å². The molecule has 26 heavy (non-hydrogen) atoms. The van der Waals surface area contributed by atoms with Gasteiger partial charge in [0.05, 0.1) is 22.2 Å². The minimum Gasteiger partial charge on any atom is -0.352 e. The molecule has 2 N–H and O–H groups in total. The second kappa shape index (κ2) is 8.15. The molecule has 1 heterocycles. The lowest BCUT2D eigenvalue weighted by Gasteiger charge is -2.35. The van der Waals surface area contributed by atoms with Gasteiger partial charge in [-0.05, 0) is 31.1 Å². The summed E-state index contributed by atoms with van der Waals surface area (Å²) in [5, 5.41) is 17.7. The Morgan fingerprint density at radius 2 is 2.00 bits per heavy atom. The number of piperazine rings is 1. The van der Waals surface area contributed by atoms with Crippen LogP contribution < -0.4 is 10.6 Å². The van der Waals surface area contributed by atoms with Gasteiger partial charge in [-0.2, -0.15) is 0 Å². The minimum absolute atomic E-state index is 0.0498. The fourth-order valence-electron chi connectivity index (χ4n) is 2.73. The van der Waals surface area contributed by atoms with Gasteiger partial charge >= 0.3 is 0 Å². The Hall–Kier alpha value is -1.97. The lowest BCUT2D eigenvalue weighted by Crippen LogP contribution is -2.52. The van der Waals surface area contributed by atoms with Gasteiger partial charge in [0.15, 0.2) is 5.11 Å². The molecule has 1 aliphatic carbocycles. The molecule has 0 atom stereocenters. The van der Waals surface area contributed by atoms with Gasteiger partial charge in [-0.15, -0.1) is 0 Å². The maximum Gasteiger partial charge on any atom is 0.271 e. The van der Waals surface area contributed by atoms with E-state index in [1.807, 2.05) is 4.90 Å². The van der Waals surface area contributed by atoms with E-state index < -0.39 is 4.92 Å². The monoisotopic (exact) mass is 397 g/mol. The van der Waals surface area contributed by atoms with E-state index in [0.29, 0.717) is 41.5 Å². The molecular weight excluding hydrogens is 378 g/mol. The Morgan fingerprint density at radius 1 is 1.31 bits per heavy atom. The van der Waals surface area contributed by atoms with Crippen LogP contribution in [-0.4, -0.2) is 64.5 Å². The molecule has 8 nitrogen and oxygen atoms in total. The highest BCUT2D eigenvalue weighted by Gasteiger charge is 2.26. The standard InChI is InChI=1S/C16H20ClN5O3S/c17-13-4-3-12(22(24)25)9-14(13)19-16(26)21-7-5-20(6-8-21)10-15(23)18-11-1-2-11/h3-4,9,11H,1-2,5-8,10H2,(H,18,23)(H,19,26). The van der Waals surface area contributed by atoms with Crippen LogP contribution in [-0.2, 0) is 4.79 Å². The molecule has 0 unspecified atom stereocenters. The number of anilines is 1. The number of rotatable bonds is 5. The zero-order valence-electron chi connectivity index (χ0n) is 14.1. The van der Waals surface area contributed by atoms with Crippen molar-refractivity contribution in [3.63, 3.8) is 0 Å². The predicted octanol–water partition coefficient (Wildman–Crippen LogP) is 1.84. The summed E-state index contributed by atoms with van der Waals surface area (Å²) in [4.78, 5) is 26.4. The molecule has 0 radical (unpaired) electrons. The number of nitrogens with one attached hydrogen (secondary N) is 2. The average molecular weight is 398 g/mol. The zero-order valence-corrected chi connectivity index (χ0v) is 15.7. The summed E-state index contributed by atoms with van der Waals surface area (Å²) in [6.45, 7) is 3.20. The van der Waals surface area contributed by atoms with E-state index in [9.17, 15) is 14.9 Å². The second-order valence-corrected chi connectivity index (χ2v) is 7.25. The van der Waals surface area contributed by atoms with E-state index in [0.717, 1.165) is 25.9 Å². The van der Waals surface area contributed by atoms with Crippen LogP contribution in [0.1, 0.15) is 12.8 Å². The molecule has 140 valence electrons. The summed E-state index contributed by atoms with van der Waals surface area (Å²) in [5.41, 5.74) is 0.364. The van der Waals surface area contributed by atoms with E-state index in [4.69, 9.17) is 23.8 Å². The van der Waals surface area contributed by atoms with Crippen molar-refractivity contribution in [1.29, 1.82) is 0 Å². The van der Waals surface area contributed by atoms with E-state index in [2.05, 4.69) is 15.5 Å². The normalized spacial score (nSPS) is 17.7. The SMILES string of the molecule is O=C(CN1CCN(C(=S)Nc2cc([N+](=O)[O-])ccc2Cl)CC1)NC1CC1. The van der Waals surface area contributed by atoms with Crippen LogP contribution in [0.5, 0.6) is 0 Å². The Labute approximate surface area is 161 Å². The number of carbonyl (C=O) groups is 1. The van der Waals surface area contributed by atoms with Crippen LogP contribution in [0.25, 0.3) is 0 Å². The van der Waals surface area contributed by atoms with Crippen molar-refractivity contribution in [1.82, 2.24) is 15.1 Å². The third kappa shape index (κ3) is 5.03. The third-order valence-electron chi connectivity index (χ3n) is 4.37. The Balaban J connectivity index is 1.49. The summed E-state index contributed by atoms with van der Waals surface area (Å²) in [6.07, 6.45) is 2.17. The van der Waals surface area contributed by atoms with Gasteiger partial charge < -0.3 is 15.5 Å². The van der Waals surface area contributed by atoms with Gasteiger partial charge in [-0.1, -0.05) is 11.6 Å². The van der Waals surface area contributed by atoms with Crippen LogP contribution in [0.4, 0.5) is 11.4 Å². The number of nitro groups is 1. The molecule has 0 aromatic heterocycles. The average Bonchev–Trinajstić information content (AvgIpc) is 3.41. The van der Waals surface area contributed by atoms with Gasteiger partial charge in [-0.25, -0.2) is 0 Å². The molecule has 1 amide bonds. The molecule has 10 heteroatoms. The van der Waals surface area contributed by atoms with Crippen LogP contribution in [0, 0.1) is 10.1 Å². The first kappa shape index (κ1) is 18.8. The van der Waals surface area contributed by atoms with Gasteiger partial charge in [-0.3, -0.25) is 19.8 Å². The maximum atomic E-state index is 11.9. The van der Waals surface area contributed by atoms with E-state index >= 15 is 0 Å². The molecule has 1 saturated carbocycles. The lowest BCUT2D eigenvalue weighted by molar-refractivity contribution is -0.384. The topological polar surface area (TPSA) is 90.8 Å². The first-order valence-corrected chi connectivity index (χ1v) is 9.22. The number of benzene rings is 1. The Kier molecular flexibility index (Phi) is 5.90. The molecule has 1 aliphatic heterocycles. The molecule has 2 fully saturated rings. The van der Waals surface area contributed by atoms with Gasteiger partial charge in [0.2, 0.25) is 5.91 Å². The second-order valence-electron chi connectivity index (χ2n) is 6.46. The highest BCUT2D eigenvalue weighted by molar-refractivity contribution is 7.80. The third-order valence-corrected chi connectivity index (χ3v) is 5.06. The van der Waals surface area contributed by atoms with Gasteiger partial charge in [0.1, 0.15) is 0 Å². The molecular formula is C16H20ClN5O3S. The maximum absolute atomic E-state index is 11.9. The van der Waals surface area contributed by atoms with Crippen molar-refractivity contribution >= 4 is 46.2 Å². The molecule has 1 aromatic carbocycles. The number of nitrogens with zero attached hydrogens (tertiary/aromatic N) is 3. The quantitative estimate of drug-likeness (QED) is 0.445. The molecule has 1 saturated heterocycles. The van der Waals surface area contributed by atoms with Gasteiger partial charge in [0, 0.05) is 44.4 Å². The number of amides is 1. The van der Waals surface area contributed by atoms with Crippen molar-refractivity contribution in [2.45, 2.75) is 18.9 Å². The molecule has 0 bridgehead atoms. The van der Waals surface area contributed by atoms with E-state index in [1.165, 1.54) is 18.2 Å². The Bertz CT molecular complexity index is 720. The molecule has 3 rings (SSSR count). The summed E-state index contributed by atoms with van der Waals surface area (Å²) in [6, 6.07) is 4.57. The number of halogens is 1. The highest BCUT2D eigenvalue weighted by Crippen LogP contribution is 2.27. The summed E-state index contributed by atoms with van der Waals surface area (Å²) in [7, 11) is 0. The largest absolute Gasteiger partial charge is 0.352 e. The Morgan fingerprint density at radius 3 is 2.62 bits per heavy atom. The number of non-ortho nitro benzene ring substituents is 1. The van der Waals surface area contributed by atoms with Crippen molar-refractivity contribution in [2.75, 3.05) is 38.0 Å². The predicted molar refractivity (Wildman–Crippen MR) is 104 cm³/mol. The zero-order chi connectivity index (χ0) is 18.7. The number of nitro benzene ring substituents is 1. The number of carbonyl (C=O) groups excluding carboxylic acids is 1. The fourth-order valence-corrected chi connectivity index (χ4v) is 3.19. The van der Waals surface area contributed by atoms with Gasteiger partial charge in [0.25, 0.3) is 5.69 Å². The lowest BCUT2D eigenvalue weighted by atomic mass is 10.2. The molecule has 0 spiro atoms. The van der Waals surface area contributed by atoms with Crippen molar-refractivity contribution in [3.05, 3.63) is 33.3 Å². The van der Waals surface area contributed by atoms with Crippen molar-refractivity contribution in [3.8, 4) is 0 Å². The number of hydrogen-bond acceptors (Lipinski definition) is 5. The molecule has 1 aromatic rings. The van der Waals surface area contributed by atoms with Crippen molar-refractivity contribution < 1.29 is 9.72 Å². The van der Waals surface area contributed by atoms with E-state index in [1.54, 1.807) is 0 Å². The smallest absolute Gasteiger partial charge is 0.271 e. The summed E-state index contributed by atoms with van der Waals surface area (Å²) < 4.78 is 0. The van der Waals surface area contributed by atoms with Crippen LogP contribution in [0.15, 0.2) is 18.2 Å². The summed E-state index contributed by atoms with van der Waals surface area (Å²) >= 11 is 11.5. The van der Waals surface area contributed by atoms with Crippen LogP contribution in [0.2, 0.25) is 5.02 Å².